The molecule has 0 aliphatic rings. The van der Waals surface area contributed by atoms with Gasteiger partial charge in [0.05, 0.1) is 13.7 Å². The Kier molecular flexibility index (Phi) is 6.09. The Labute approximate surface area is 114 Å². The molecule has 0 aliphatic carbocycles. The SMILES string of the molecule is C=CCOC(C)C(=O)OCc1cc(C)ccc1OC. The average molecular weight is 264 g/mol. The number of carbonyl (C=O) groups excluding carboxylic acids is 1. The fourth-order valence-corrected chi connectivity index (χ4v) is 1.57. The number of carbonyl (C=O) groups is 1. The quantitative estimate of drug-likeness (QED) is 0.561. The molecule has 0 spiro atoms. The number of aryl methyl sites for hydroxylation is 1. The molecule has 0 amide bonds. The second-order valence-corrected chi connectivity index (χ2v) is 4.19. The van der Waals surface area contributed by atoms with Crippen molar-refractivity contribution in [3.05, 3.63) is 42.0 Å². The molecule has 0 radical (unpaired) electrons. The highest BCUT2D eigenvalue weighted by molar-refractivity contribution is 5.74. The Morgan fingerprint density at radius 2 is 2.21 bits per heavy atom. The minimum absolute atomic E-state index is 0.172. The number of esters is 1. The first kappa shape index (κ1) is 15.2. The first-order valence-electron chi connectivity index (χ1n) is 6.11. The van der Waals surface area contributed by atoms with E-state index < -0.39 is 12.1 Å². The van der Waals surface area contributed by atoms with Gasteiger partial charge < -0.3 is 14.2 Å². The third-order valence-corrected chi connectivity index (χ3v) is 2.60. The van der Waals surface area contributed by atoms with Gasteiger partial charge in [-0.25, -0.2) is 4.79 Å². The Bertz CT molecular complexity index is 440. The summed E-state index contributed by atoms with van der Waals surface area (Å²) >= 11 is 0. The van der Waals surface area contributed by atoms with E-state index in [0.717, 1.165) is 11.1 Å². The monoisotopic (exact) mass is 264 g/mol. The normalized spacial score (nSPS) is 11.7. The number of methoxy groups -OCH3 is 1. The largest absolute Gasteiger partial charge is 0.496 e. The van der Waals surface area contributed by atoms with Gasteiger partial charge in [0.25, 0.3) is 0 Å². The molecule has 0 saturated heterocycles. The lowest BCUT2D eigenvalue weighted by atomic mass is 10.1. The number of rotatable bonds is 7. The second kappa shape index (κ2) is 7.59. The molecule has 0 fully saturated rings. The molecule has 0 aromatic heterocycles. The van der Waals surface area contributed by atoms with E-state index in [4.69, 9.17) is 14.2 Å². The van der Waals surface area contributed by atoms with Crippen molar-refractivity contribution in [3.63, 3.8) is 0 Å². The van der Waals surface area contributed by atoms with Crippen LogP contribution >= 0.6 is 0 Å². The maximum absolute atomic E-state index is 11.7. The van der Waals surface area contributed by atoms with Gasteiger partial charge >= 0.3 is 5.97 Å². The molecular weight excluding hydrogens is 244 g/mol. The van der Waals surface area contributed by atoms with Crippen LogP contribution in [-0.2, 0) is 20.9 Å². The van der Waals surface area contributed by atoms with Crippen LogP contribution in [0.2, 0.25) is 0 Å². The molecule has 1 aromatic rings. The van der Waals surface area contributed by atoms with Crippen molar-refractivity contribution in [2.45, 2.75) is 26.6 Å². The van der Waals surface area contributed by atoms with E-state index in [0.29, 0.717) is 12.4 Å². The molecule has 19 heavy (non-hydrogen) atoms. The smallest absolute Gasteiger partial charge is 0.335 e. The van der Waals surface area contributed by atoms with Crippen molar-refractivity contribution >= 4 is 5.97 Å². The number of benzene rings is 1. The van der Waals surface area contributed by atoms with Crippen LogP contribution < -0.4 is 4.74 Å². The summed E-state index contributed by atoms with van der Waals surface area (Å²) in [5.41, 5.74) is 1.93. The fraction of sp³-hybridized carbons (Fsp3) is 0.400. The van der Waals surface area contributed by atoms with Crippen molar-refractivity contribution in [1.82, 2.24) is 0 Å². The molecule has 0 aliphatic heterocycles. The summed E-state index contributed by atoms with van der Waals surface area (Å²) in [5, 5.41) is 0. The van der Waals surface area contributed by atoms with Crippen molar-refractivity contribution in [3.8, 4) is 5.75 Å². The summed E-state index contributed by atoms with van der Waals surface area (Å²) in [6, 6.07) is 5.73. The van der Waals surface area contributed by atoms with Crippen LogP contribution in [0, 0.1) is 6.92 Å². The minimum atomic E-state index is -0.603. The summed E-state index contributed by atoms with van der Waals surface area (Å²) in [6.45, 7) is 7.64. The van der Waals surface area contributed by atoms with Gasteiger partial charge in [-0.05, 0) is 26.0 Å². The van der Waals surface area contributed by atoms with Crippen LogP contribution in [0.4, 0.5) is 0 Å². The highest BCUT2D eigenvalue weighted by Crippen LogP contribution is 2.20. The summed E-state index contributed by atoms with van der Waals surface area (Å²) < 4.78 is 15.6. The zero-order chi connectivity index (χ0) is 14.3. The first-order chi connectivity index (χ1) is 9.08. The Morgan fingerprint density at radius 3 is 2.84 bits per heavy atom. The molecule has 0 saturated carbocycles. The minimum Gasteiger partial charge on any atom is -0.496 e. The first-order valence-corrected chi connectivity index (χ1v) is 6.11. The molecule has 0 N–H and O–H groups in total. The van der Waals surface area contributed by atoms with Crippen molar-refractivity contribution in [2.75, 3.05) is 13.7 Å². The summed E-state index contributed by atoms with van der Waals surface area (Å²) in [7, 11) is 1.59. The Balaban J connectivity index is 2.58. The zero-order valence-corrected chi connectivity index (χ0v) is 11.6. The molecule has 104 valence electrons. The van der Waals surface area contributed by atoms with Gasteiger partial charge in [0.15, 0.2) is 6.10 Å². The Hall–Kier alpha value is -1.81. The van der Waals surface area contributed by atoms with Crippen LogP contribution in [0.3, 0.4) is 0 Å². The van der Waals surface area contributed by atoms with Crippen LogP contribution in [0.25, 0.3) is 0 Å². The molecule has 1 rings (SSSR count). The molecule has 1 unspecified atom stereocenters. The molecular formula is C15H20O4. The number of hydrogen-bond acceptors (Lipinski definition) is 4. The third kappa shape index (κ3) is 4.75. The topological polar surface area (TPSA) is 44.8 Å². The molecule has 4 heteroatoms. The summed E-state index contributed by atoms with van der Waals surface area (Å²) in [4.78, 5) is 11.7. The standard InChI is InChI=1S/C15H20O4/c1-5-8-18-12(3)15(16)19-10-13-9-11(2)6-7-14(13)17-4/h5-7,9,12H,1,8,10H2,2-4H3. The van der Waals surface area contributed by atoms with Gasteiger partial charge in [-0.1, -0.05) is 17.7 Å². The molecule has 0 heterocycles. The molecule has 4 nitrogen and oxygen atoms in total. The van der Waals surface area contributed by atoms with Gasteiger partial charge in [0.2, 0.25) is 0 Å². The van der Waals surface area contributed by atoms with Gasteiger partial charge in [-0.2, -0.15) is 0 Å². The van der Waals surface area contributed by atoms with Crippen LogP contribution in [0.1, 0.15) is 18.1 Å². The number of hydrogen-bond donors (Lipinski definition) is 0. The predicted octanol–water partition coefficient (Wildman–Crippen LogP) is 2.64. The van der Waals surface area contributed by atoms with E-state index in [-0.39, 0.29) is 6.61 Å². The van der Waals surface area contributed by atoms with Crippen LogP contribution in [-0.4, -0.2) is 25.8 Å². The van der Waals surface area contributed by atoms with Crippen molar-refractivity contribution in [1.29, 1.82) is 0 Å². The summed E-state index contributed by atoms with van der Waals surface area (Å²) in [5.74, 6) is 0.309. The van der Waals surface area contributed by atoms with Gasteiger partial charge in [-0.3, -0.25) is 0 Å². The average Bonchev–Trinajstić information content (AvgIpc) is 2.42. The van der Waals surface area contributed by atoms with Crippen molar-refractivity contribution < 1.29 is 19.0 Å². The highest BCUT2D eigenvalue weighted by atomic mass is 16.6. The third-order valence-electron chi connectivity index (χ3n) is 2.60. The van der Waals surface area contributed by atoms with E-state index in [1.54, 1.807) is 20.1 Å². The lowest BCUT2D eigenvalue weighted by Gasteiger charge is -2.13. The van der Waals surface area contributed by atoms with E-state index in [2.05, 4.69) is 6.58 Å². The second-order valence-electron chi connectivity index (χ2n) is 4.19. The van der Waals surface area contributed by atoms with E-state index in [9.17, 15) is 4.79 Å². The number of ether oxygens (including phenoxy) is 3. The van der Waals surface area contributed by atoms with E-state index in [1.807, 2.05) is 25.1 Å². The van der Waals surface area contributed by atoms with Crippen LogP contribution in [0.15, 0.2) is 30.9 Å². The van der Waals surface area contributed by atoms with E-state index >= 15 is 0 Å². The molecule has 1 atom stereocenters. The maximum atomic E-state index is 11.7. The zero-order valence-electron chi connectivity index (χ0n) is 11.6. The lowest BCUT2D eigenvalue weighted by molar-refractivity contribution is -0.156. The molecule has 0 bridgehead atoms. The van der Waals surface area contributed by atoms with Gasteiger partial charge in [-0.15, -0.1) is 6.58 Å². The molecule has 1 aromatic carbocycles. The van der Waals surface area contributed by atoms with Crippen LogP contribution in [0.5, 0.6) is 5.75 Å². The highest BCUT2D eigenvalue weighted by Gasteiger charge is 2.15. The predicted molar refractivity (Wildman–Crippen MR) is 73.1 cm³/mol. The van der Waals surface area contributed by atoms with E-state index in [1.165, 1.54) is 0 Å². The van der Waals surface area contributed by atoms with Gasteiger partial charge in [0.1, 0.15) is 12.4 Å². The summed E-state index contributed by atoms with van der Waals surface area (Å²) in [6.07, 6.45) is 0.988. The van der Waals surface area contributed by atoms with Gasteiger partial charge in [0, 0.05) is 5.56 Å². The lowest BCUT2D eigenvalue weighted by Crippen LogP contribution is -2.23. The van der Waals surface area contributed by atoms with Crippen molar-refractivity contribution in [2.24, 2.45) is 0 Å². The fourth-order valence-electron chi connectivity index (χ4n) is 1.57. The Morgan fingerprint density at radius 1 is 1.47 bits per heavy atom. The maximum Gasteiger partial charge on any atom is 0.335 e.